The highest BCUT2D eigenvalue weighted by molar-refractivity contribution is 6.02. The van der Waals surface area contributed by atoms with Crippen LogP contribution in [0.4, 0.5) is 5.69 Å². The van der Waals surface area contributed by atoms with Gasteiger partial charge in [0.2, 0.25) is 11.5 Å². The number of unbranched alkanes of at least 4 members (excludes halogenated alkanes) is 5. The average molecular weight is 782 g/mol. The summed E-state index contributed by atoms with van der Waals surface area (Å²) >= 11 is 0. The van der Waals surface area contributed by atoms with Crippen molar-refractivity contribution in [1.82, 2.24) is 10.5 Å². The smallest absolute Gasteiger partial charge is 0.255 e. The number of hydrogen-bond acceptors (Lipinski definition) is 12. The number of amides is 1. The van der Waals surface area contributed by atoms with Crippen LogP contribution in [0.1, 0.15) is 66.2 Å². The van der Waals surface area contributed by atoms with Gasteiger partial charge in [0.1, 0.15) is 11.9 Å². The van der Waals surface area contributed by atoms with E-state index < -0.39 is 0 Å². The number of anilines is 1. The molecule has 13 nitrogen and oxygen atoms in total. The van der Waals surface area contributed by atoms with Crippen molar-refractivity contribution in [3.05, 3.63) is 83.4 Å². The van der Waals surface area contributed by atoms with Crippen LogP contribution in [0.2, 0.25) is 0 Å². The van der Waals surface area contributed by atoms with Gasteiger partial charge < -0.3 is 53.1 Å². The van der Waals surface area contributed by atoms with Crippen LogP contribution >= 0.6 is 0 Å². The van der Waals surface area contributed by atoms with E-state index >= 15 is 0 Å². The van der Waals surface area contributed by atoms with Crippen LogP contribution in [0.3, 0.4) is 0 Å². The van der Waals surface area contributed by atoms with Crippen LogP contribution in [0.5, 0.6) is 46.0 Å². The second kappa shape index (κ2) is 19.1. The molecule has 0 saturated carbocycles. The van der Waals surface area contributed by atoms with Gasteiger partial charge in [-0.3, -0.25) is 4.79 Å². The van der Waals surface area contributed by atoms with Crippen molar-refractivity contribution in [3.8, 4) is 68.6 Å². The summed E-state index contributed by atoms with van der Waals surface area (Å²) in [7, 11) is 9.50. The van der Waals surface area contributed by atoms with Crippen molar-refractivity contribution in [2.75, 3.05) is 61.2 Å². The predicted octanol–water partition coefficient (Wildman–Crippen LogP) is 9.02. The number of hydrogen-bond donors (Lipinski definition) is 2. The van der Waals surface area contributed by atoms with Crippen LogP contribution in [-0.2, 0) is 0 Å². The molecular formula is C44H51N3O10. The molecule has 4 aromatic carbocycles. The molecule has 5 aromatic rings. The molecule has 1 aromatic heterocycles. The Hall–Kier alpha value is -6.24. The summed E-state index contributed by atoms with van der Waals surface area (Å²) < 4.78 is 51.5. The maximum absolute atomic E-state index is 12.7. The molecule has 0 bridgehead atoms. The summed E-state index contributed by atoms with van der Waals surface area (Å²) in [6.45, 7) is 3.07. The molecule has 57 heavy (non-hydrogen) atoms. The van der Waals surface area contributed by atoms with E-state index in [1.54, 1.807) is 42.7 Å². The van der Waals surface area contributed by atoms with E-state index in [4.69, 9.17) is 42.4 Å². The zero-order chi connectivity index (χ0) is 40.3. The number of carbonyl (C=O) groups excluding carboxylic acids is 1. The largest absolute Gasteiger partial charge is 0.493 e. The highest BCUT2D eigenvalue weighted by Gasteiger charge is 2.26. The van der Waals surface area contributed by atoms with E-state index in [9.17, 15) is 4.79 Å². The molecule has 0 radical (unpaired) electrons. The molecule has 302 valence electrons. The van der Waals surface area contributed by atoms with E-state index in [2.05, 4.69) is 15.8 Å². The molecule has 0 aliphatic carbocycles. The molecular weight excluding hydrogens is 730 g/mol. The molecule has 2 N–H and O–H groups in total. The van der Waals surface area contributed by atoms with Crippen molar-refractivity contribution in [2.24, 2.45) is 0 Å². The molecule has 0 fully saturated rings. The lowest BCUT2D eigenvalue weighted by Gasteiger charge is -2.28. The number of rotatable bonds is 20. The van der Waals surface area contributed by atoms with Gasteiger partial charge in [-0.25, -0.2) is 0 Å². The van der Waals surface area contributed by atoms with Gasteiger partial charge in [0.25, 0.3) is 5.91 Å². The van der Waals surface area contributed by atoms with Crippen LogP contribution in [-0.4, -0.2) is 66.9 Å². The van der Waals surface area contributed by atoms with Crippen LogP contribution in [0, 0.1) is 6.92 Å². The minimum Gasteiger partial charge on any atom is -0.493 e. The summed E-state index contributed by atoms with van der Waals surface area (Å²) in [5.74, 6) is 4.83. The third-order valence-corrected chi connectivity index (χ3v) is 9.77. The van der Waals surface area contributed by atoms with Crippen molar-refractivity contribution in [1.29, 1.82) is 0 Å². The Labute approximate surface area is 333 Å². The van der Waals surface area contributed by atoms with Gasteiger partial charge in [-0.05, 0) is 73.9 Å². The highest BCUT2D eigenvalue weighted by Crippen LogP contribution is 2.44. The van der Waals surface area contributed by atoms with Gasteiger partial charge in [-0.2, -0.15) is 0 Å². The summed E-state index contributed by atoms with van der Waals surface area (Å²) in [4.78, 5) is 12.7. The van der Waals surface area contributed by atoms with Gasteiger partial charge >= 0.3 is 0 Å². The standard InChI is InChI=1S/C44H51N3O10/c1-27-14-16-32-31(20-27)44(48)46-43(45-32)28-15-17-34(36(21-28)49-2)55-18-12-10-8-9-11-13-19-56-42-39(52-5)24-30(25-40(42)53-6)35-26-33(47-57-35)29-22-37(50-3)41(54-7)38(23-29)51-4/h14-17,20-26,43,45H,8-13,18-19H2,1-7H3,(H,46,48). The van der Waals surface area contributed by atoms with Crippen molar-refractivity contribution < 1.29 is 47.2 Å². The lowest BCUT2D eigenvalue weighted by atomic mass is 10.0. The third-order valence-electron chi connectivity index (χ3n) is 9.77. The topological polar surface area (TPSA) is 141 Å². The molecule has 1 aliphatic heterocycles. The van der Waals surface area contributed by atoms with E-state index in [0.29, 0.717) is 76.2 Å². The molecule has 0 saturated heterocycles. The van der Waals surface area contributed by atoms with Gasteiger partial charge in [-0.1, -0.05) is 48.5 Å². The SMILES string of the molecule is COc1cc(C2NC(=O)c3cc(C)ccc3N2)ccc1OCCCCCCCCOc1c(OC)cc(-c2cc(-c3cc(OC)c(OC)c(OC)c3)no2)cc1OC. The summed E-state index contributed by atoms with van der Waals surface area (Å²) in [5.41, 5.74) is 5.42. The maximum atomic E-state index is 12.7. The number of aromatic nitrogens is 1. The first-order valence-electron chi connectivity index (χ1n) is 19.0. The van der Waals surface area contributed by atoms with Gasteiger partial charge in [0.15, 0.2) is 40.3 Å². The van der Waals surface area contributed by atoms with Crippen LogP contribution < -0.4 is 48.5 Å². The second-order valence-corrected chi connectivity index (χ2v) is 13.5. The van der Waals surface area contributed by atoms with E-state index in [-0.39, 0.29) is 12.1 Å². The number of nitrogens with zero attached hydrogens (tertiary/aromatic N) is 1. The molecule has 0 spiro atoms. The zero-order valence-electron chi connectivity index (χ0n) is 33.6. The monoisotopic (exact) mass is 781 g/mol. The molecule has 1 amide bonds. The van der Waals surface area contributed by atoms with Crippen LogP contribution in [0.25, 0.3) is 22.6 Å². The number of nitrogens with one attached hydrogen (secondary N) is 2. The number of carbonyl (C=O) groups is 1. The Morgan fingerprint density at radius 2 is 1.18 bits per heavy atom. The molecule has 6 rings (SSSR count). The summed E-state index contributed by atoms with van der Waals surface area (Å²) in [6, 6.07) is 20.7. The minimum absolute atomic E-state index is 0.106. The highest BCUT2D eigenvalue weighted by atomic mass is 16.5. The first-order chi connectivity index (χ1) is 27.8. The summed E-state index contributed by atoms with van der Waals surface area (Å²) in [5, 5.41) is 10.7. The predicted molar refractivity (Wildman–Crippen MR) is 217 cm³/mol. The third kappa shape index (κ3) is 9.42. The average Bonchev–Trinajstić information content (AvgIpc) is 3.74. The zero-order valence-corrected chi connectivity index (χ0v) is 33.6. The second-order valence-electron chi connectivity index (χ2n) is 13.5. The Balaban J connectivity index is 0.939. The Bertz CT molecular complexity index is 2100. The Morgan fingerprint density at radius 1 is 0.579 bits per heavy atom. The lowest BCUT2D eigenvalue weighted by Crippen LogP contribution is -2.38. The number of aryl methyl sites for hydroxylation is 1. The normalized spacial score (nSPS) is 13.2. The fourth-order valence-corrected chi connectivity index (χ4v) is 6.73. The van der Waals surface area contributed by atoms with Crippen LogP contribution in [0.15, 0.2) is 71.3 Å². The van der Waals surface area contributed by atoms with Crippen molar-refractivity contribution in [3.63, 3.8) is 0 Å². The number of methoxy groups -OCH3 is 6. The first-order valence-corrected chi connectivity index (χ1v) is 19.0. The van der Waals surface area contributed by atoms with E-state index in [1.165, 1.54) is 0 Å². The number of fused-ring (bicyclic) bond motifs is 1. The Kier molecular flexibility index (Phi) is 13.5. The molecule has 1 unspecified atom stereocenters. The van der Waals surface area contributed by atoms with Gasteiger partial charge in [0, 0.05) is 22.9 Å². The van der Waals surface area contributed by atoms with Crippen molar-refractivity contribution in [2.45, 2.75) is 51.6 Å². The maximum Gasteiger partial charge on any atom is 0.255 e. The summed E-state index contributed by atoms with van der Waals surface area (Å²) in [6.07, 6.45) is 5.68. The molecule has 1 aliphatic rings. The molecule has 1 atom stereocenters. The van der Waals surface area contributed by atoms with Gasteiger partial charge in [-0.15, -0.1) is 0 Å². The van der Waals surface area contributed by atoms with Gasteiger partial charge in [0.05, 0.1) is 61.4 Å². The Morgan fingerprint density at radius 3 is 1.81 bits per heavy atom. The fraction of sp³-hybridized carbons (Fsp3) is 0.364. The minimum atomic E-state index is -0.367. The van der Waals surface area contributed by atoms with Crippen molar-refractivity contribution >= 4 is 11.6 Å². The molecule has 13 heteroatoms. The fourth-order valence-electron chi connectivity index (χ4n) is 6.73. The first kappa shape index (κ1) is 40.4. The van der Waals surface area contributed by atoms with E-state index in [1.807, 2.05) is 73.7 Å². The molecule has 2 heterocycles. The number of ether oxygens (including phenoxy) is 8. The number of benzene rings is 4. The lowest BCUT2D eigenvalue weighted by molar-refractivity contribution is 0.0935. The quantitative estimate of drug-likeness (QED) is 0.0728. The van der Waals surface area contributed by atoms with E-state index in [0.717, 1.165) is 66.5 Å².